The fraction of sp³-hybridized carbons (Fsp3) is 0.294. The fourth-order valence-corrected chi connectivity index (χ4v) is 4.04. The molecule has 109 valence electrons. The maximum Gasteiger partial charge on any atom is 0.123 e. The van der Waals surface area contributed by atoms with E-state index in [1.165, 1.54) is 37.8 Å². The van der Waals surface area contributed by atoms with Crippen LogP contribution >= 0.6 is 11.8 Å². The molecule has 0 spiro atoms. The number of nitrogens with zero attached hydrogens (tertiary/aromatic N) is 1. The first-order valence-electron chi connectivity index (χ1n) is 7.18. The maximum absolute atomic E-state index is 13.1. The molecule has 1 aromatic heterocycles. The van der Waals surface area contributed by atoms with Gasteiger partial charge in [-0.25, -0.2) is 9.37 Å². The van der Waals surface area contributed by atoms with Gasteiger partial charge in [0, 0.05) is 15.7 Å². The molecule has 1 aliphatic rings. The van der Waals surface area contributed by atoms with E-state index in [0.717, 1.165) is 16.2 Å². The van der Waals surface area contributed by atoms with Gasteiger partial charge in [-0.3, -0.25) is 0 Å². The van der Waals surface area contributed by atoms with Crippen LogP contribution in [0.15, 0.2) is 35.2 Å². The van der Waals surface area contributed by atoms with Crippen molar-refractivity contribution in [1.82, 2.24) is 4.98 Å². The van der Waals surface area contributed by atoms with Crippen molar-refractivity contribution in [2.75, 3.05) is 5.73 Å². The molecule has 1 fully saturated rings. The van der Waals surface area contributed by atoms with E-state index in [0.29, 0.717) is 16.6 Å². The van der Waals surface area contributed by atoms with E-state index >= 15 is 0 Å². The van der Waals surface area contributed by atoms with Crippen LogP contribution in [-0.2, 0) is 0 Å². The van der Waals surface area contributed by atoms with E-state index in [1.807, 2.05) is 17.8 Å². The van der Waals surface area contributed by atoms with Crippen LogP contribution in [0.25, 0.3) is 11.3 Å². The number of nitrogen functional groups attached to an aromatic ring is 1. The van der Waals surface area contributed by atoms with Gasteiger partial charge >= 0.3 is 0 Å². The molecule has 1 saturated carbocycles. The summed E-state index contributed by atoms with van der Waals surface area (Å²) in [5, 5.41) is 0.626. The first-order chi connectivity index (χ1) is 10.1. The van der Waals surface area contributed by atoms with E-state index in [2.05, 4.69) is 11.9 Å². The molecule has 1 radical (unpaired) electrons. The summed E-state index contributed by atoms with van der Waals surface area (Å²) in [5.74, 6) is -0.242. The third kappa shape index (κ3) is 3.21. The number of aromatic nitrogens is 1. The summed E-state index contributed by atoms with van der Waals surface area (Å²) in [6, 6.07) is 8.38. The van der Waals surface area contributed by atoms with Gasteiger partial charge in [0.15, 0.2) is 0 Å². The Morgan fingerprint density at radius 1 is 1.19 bits per heavy atom. The highest BCUT2D eigenvalue weighted by Crippen LogP contribution is 2.40. The molecule has 1 aliphatic carbocycles. The molecular formula is C17H18FN2S. The second kappa shape index (κ2) is 6.06. The van der Waals surface area contributed by atoms with Gasteiger partial charge in [0.25, 0.3) is 0 Å². The van der Waals surface area contributed by atoms with Crippen molar-refractivity contribution in [1.29, 1.82) is 0 Å². The minimum Gasteiger partial charge on any atom is -0.397 e. The first-order valence-corrected chi connectivity index (χ1v) is 8.06. The zero-order valence-electron chi connectivity index (χ0n) is 11.8. The van der Waals surface area contributed by atoms with Crippen LogP contribution in [0.2, 0.25) is 0 Å². The van der Waals surface area contributed by atoms with Crippen molar-refractivity contribution < 1.29 is 4.39 Å². The van der Waals surface area contributed by atoms with Crippen molar-refractivity contribution in [2.24, 2.45) is 0 Å². The highest BCUT2D eigenvalue weighted by atomic mass is 32.2. The minimum atomic E-state index is -0.242. The number of thioether (sulfide) groups is 1. The number of anilines is 1. The lowest BCUT2D eigenvalue weighted by Crippen LogP contribution is -2.00. The fourth-order valence-electron chi connectivity index (χ4n) is 2.64. The summed E-state index contributed by atoms with van der Waals surface area (Å²) in [4.78, 5) is 5.60. The van der Waals surface area contributed by atoms with Crippen LogP contribution in [0.5, 0.6) is 0 Å². The lowest BCUT2D eigenvalue weighted by molar-refractivity contribution is 0.628. The summed E-state index contributed by atoms with van der Waals surface area (Å²) >= 11 is 1.84. The number of halogens is 1. The predicted octanol–water partition coefficient (Wildman–Crippen LogP) is 4.69. The summed E-state index contributed by atoms with van der Waals surface area (Å²) in [6.45, 7) is 3.88. The predicted molar refractivity (Wildman–Crippen MR) is 86.6 cm³/mol. The number of nitrogens with two attached hydrogens (primary N) is 1. The largest absolute Gasteiger partial charge is 0.397 e. The molecule has 1 heterocycles. The van der Waals surface area contributed by atoms with Crippen molar-refractivity contribution in [2.45, 2.75) is 35.8 Å². The quantitative estimate of drug-likeness (QED) is 0.894. The van der Waals surface area contributed by atoms with Gasteiger partial charge in [-0.2, -0.15) is 0 Å². The highest BCUT2D eigenvalue weighted by molar-refractivity contribution is 8.00. The van der Waals surface area contributed by atoms with Gasteiger partial charge in [0.2, 0.25) is 0 Å². The summed E-state index contributed by atoms with van der Waals surface area (Å²) in [5.41, 5.74) is 8.91. The Bertz CT molecular complexity index is 634. The summed E-state index contributed by atoms with van der Waals surface area (Å²) in [7, 11) is 0. The van der Waals surface area contributed by atoms with E-state index in [1.54, 1.807) is 12.1 Å². The zero-order valence-corrected chi connectivity index (χ0v) is 12.6. The number of pyridine rings is 1. The van der Waals surface area contributed by atoms with Crippen LogP contribution in [0.1, 0.15) is 31.4 Å². The van der Waals surface area contributed by atoms with Crippen molar-refractivity contribution in [3.63, 3.8) is 0 Å². The smallest absolute Gasteiger partial charge is 0.123 e. The highest BCUT2D eigenvalue weighted by Gasteiger charge is 2.19. The van der Waals surface area contributed by atoms with Crippen molar-refractivity contribution >= 4 is 17.4 Å². The Kier molecular flexibility index (Phi) is 4.15. The molecule has 2 aromatic rings. The summed E-state index contributed by atoms with van der Waals surface area (Å²) in [6.07, 6.45) is 5.05. The molecule has 3 rings (SSSR count). The molecule has 0 aliphatic heterocycles. The molecule has 1 aromatic carbocycles. The van der Waals surface area contributed by atoms with Gasteiger partial charge in [0.1, 0.15) is 5.82 Å². The van der Waals surface area contributed by atoms with Crippen LogP contribution < -0.4 is 5.73 Å². The Morgan fingerprint density at radius 2 is 1.86 bits per heavy atom. The van der Waals surface area contributed by atoms with Crippen LogP contribution in [0.3, 0.4) is 0 Å². The Balaban J connectivity index is 2.00. The molecule has 0 saturated heterocycles. The van der Waals surface area contributed by atoms with E-state index < -0.39 is 0 Å². The van der Waals surface area contributed by atoms with Crippen molar-refractivity contribution in [3.05, 3.63) is 48.8 Å². The van der Waals surface area contributed by atoms with Crippen LogP contribution in [-0.4, -0.2) is 10.2 Å². The standard InChI is InChI=1S/C17H18FN2S/c1-11-15(19)10-16(21-14-4-2-3-5-14)17(20-11)12-6-8-13(18)9-7-12/h6-10,14H,1-5,19H2. The number of benzene rings is 1. The summed E-state index contributed by atoms with van der Waals surface area (Å²) < 4.78 is 13.1. The van der Waals surface area contributed by atoms with E-state index in [4.69, 9.17) is 5.73 Å². The lowest BCUT2D eigenvalue weighted by Gasteiger charge is -2.15. The van der Waals surface area contributed by atoms with Gasteiger partial charge in [-0.1, -0.05) is 12.8 Å². The number of hydrogen-bond acceptors (Lipinski definition) is 3. The third-order valence-corrected chi connectivity index (χ3v) is 5.18. The molecule has 0 amide bonds. The SMILES string of the molecule is [CH2]c1nc(-c2ccc(F)cc2)c(SC2CCCC2)cc1N. The molecule has 0 bridgehead atoms. The Hall–Kier alpha value is -1.55. The third-order valence-electron chi connectivity index (χ3n) is 3.81. The molecule has 2 N–H and O–H groups in total. The molecule has 4 heteroatoms. The van der Waals surface area contributed by atoms with Crippen molar-refractivity contribution in [3.8, 4) is 11.3 Å². The lowest BCUT2D eigenvalue weighted by atomic mass is 10.1. The van der Waals surface area contributed by atoms with Gasteiger partial charge < -0.3 is 5.73 Å². The second-order valence-corrected chi connectivity index (χ2v) is 6.74. The van der Waals surface area contributed by atoms with E-state index in [-0.39, 0.29) is 5.82 Å². The van der Waals surface area contributed by atoms with Gasteiger partial charge in [-0.05, 0) is 50.1 Å². The zero-order chi connectivity index (χ0) is 14.8. The normalized spacial score (nSPS) is 15.5. The molecule has 0 unspecified atom stereocenters. The monoisotopic (exact) mass is 301 g/mol. The Morgan fingerprint density at radius 3 is 2.52 bits per heavy atom. The second-order valence-electron chi connectivity index (χ2n) is 5.40. The molecule has 2 nitrogen and oxygen atoms in total. The minimum absolute atomic E-state index is 0.242. The van der Waals surface area contributed by atoms with Gasteiger partial charge in [0.05, 0.1) is 17.1 Å². The maximum atomic E-state index is 13.1. The molecular weight excluding hydrogens is 283 g/mol. The first kappa shape index (κ1) is 14.4. The molecule has 0 atom stereocenters. The van der Waals surface area contributed by atoms with Crippen LogP contribution in [0, 0.1) is 12.7 Å². The van der Waals surface area contributed by atoms with Gasteiger partial charge in [-0.15, -0.1) is 11.8 Å². The molecule has 21 heavy (non-hydrogen) atoms. The van der Waals surface area contributed by atoms with Crippen LogP contribution in [0.4, 0.5) is 10.1 Å². The van der Waals surface area contributed by atoms with E-state index in [9.17, 15) is 4.39 Å². The topological polar surface area (TPSA) is 38.9 Å². The Labute approximate surface area is 129 Å². The number of rotatable bonds is 3. The average Bonchev–Trinajstić information content (AvgIpc) is 2.97. The average molecular weight is 301 g/mol. The number of hydrogen-bond donors (Lipinski definition) is 1.